The second-order valence-electron chi connectivity index (χ2n) is 4.78. The van der Waals surface area contributed by atoms with E-state index in [4.69, 9.17) is 18.0 Å². The second kappa shape index (κ2) is 6.43. The molecule has 3 rings (SSSR count). The van der Waals surface area contributed by atoms with Crippen LogP contribution in [0.1, 0.15) is 21.5 Å². The molecule has 0 saturated heterocycles. The number of nitrogens with zero attached hydrogens (tertiary/aromatic N) is 2. The summed E-state index contributed by atoms with van der Waals surface area (Å²) in [6.45, 7) is 0. The number of aromatic nitrogens is 2. The van der Waals surface area contributed by atoms with Crippen molar-refractivity contribution < 1.29 is 4.79 Å². The molecule has 0 spiro atoms. The van der Waals surface area contributed by atoms with E-state index < -0.39 is 0 Å². The summed E-state index contributed by atoms with van der Waals surface area (Å²) in [4.78, 5) is 21.4. The van der Waals surface area contributed by atoms with Gasteiger partial charge in [-0.25, -0.2) is 0 Å². The number of carbonyl (C=O) groups is 1. The highest BCUT2D eigenvalue weighted by Gasteiger charge is 2.21. The topological polar surface area (TPSA) is 42.9 Å². The zero-order valence-corrected chi connectivity index (χ0v) is 12.8. The molecule has 0 amide bonds. The Hall–Kier alpha value is -2.96. The number of halogens is 1. The first-order chi connectivity index (χ1) is 11.2. The van der Waals surface area contributed by atoms with E-state index in [0.29, 0.717) is 27.4 Å². The van der Waals surface area contributed by atoms with Gasteiger partial charge in [-0.15, -0.1) is 6.42 Å². The lowest BCUT2D eigenvalue weighted by Gasteiger charge is -2.11. The van der Waals surface area contributed by atoms with Crippen LogP contribution in [0.5, 0.6) is 0 Å². The van der Waals surface area contributed by atoms with Gasteiger partial charge in [0.25, 0.3) is 0 Å². The average Bonchev–Trinajstić information content (AvgIpc) is 2.61. The van der Waals surface area contributed by atoms with Gasteiger partial charge in [-0.3, -0.25) is 14.8 Å². The van der Waals surface area contributed by atoms with Gasteiger partial charge in [-0.1, -0.05) is 29.7 Å². The molecule has 0 aliphatic heterocycles. The monoisotopic (exact) mass is 318 g/mol. The van der Waals surface area contributed by atoms with Gasteiger partial charge in [0.2, 0.25) is 0 Å². The number of hydrogen-bond acceptors (Lipinski definition) is 3. The summed E-state index contributed by atoms with van der Waals surface area (Å²) >= 11 is 6.16. The first-order valence-electron chi connectivity index (χ1n) is 6.87. The molecule has 110 valence electrons. The molecule has 2 heterocycles. The molecule has 2 aromatic heterocycles. The molecule has 3 nitrogen and oxygen atoms in total. The van der Waals surface area contributed by atoms with Crippen molar-refractivity contribution in [2.75, 3.05) is 0 Å². The van der Waals surface area contributed by atoms with Crippen LogP contribution in [0.2, 0.25) is 5.02 Å². The summed E-state index contributed by atoms with van der Waals surface area (Å²) in [7, 11) is 0. The van der Waals surface area contributed by atoms with Gasteiger partial charge >= 0.3 is 0 Å². The molecular weight excluding hydrogens is 308 g/mol. The van der Waals surface area contributed by atoms with Crippen LogP contribution in [0, 0.1) is 12.3 Å². The van der Waals surface area contributed by atoms with Gasteiger partial charge in [0, 0.05) is 35.3 Å². The number of carbonyl (C=O) groups excluding carboxylic acids is 1. The van der Waals surface area contributed by atoms with Crippen molar-refractivity contribution in [3.63, 3.8) is 0 Å². The van der Waals surface area contributed by atoms with E-state index in [1.807, 2.05) is 6.07 Å². The Bertz CT molecular complexity index is 914. The Morgan fingerprint density at radius 2 is 1.91 bits per heavy atom. The lowest BCUT2D eigenvalue weighted by molar-refractivity contribution is 0.103. The third kappa shape index (κ3) is 2.85. The SMILES string of the molecule is C#Cc1ccnc(-c2cccnc2)c1C(=O)c1ccccc1Cl. The molecule has 0 bridgehead atoms. The number of pyridine rings is 2. The third-order valence-electron chi connectivity index (χ3n) is 3.39. The van der Waals surface area contributed by atoms with Crippen molar-refractivity contribution in [3.05, 3.63) is 82.8 Å². The highest BCUT2D eigenvalue weighted by molar-refractivity contribution is 6.35. The summed E-state index contributed by atoms with van der Waals surface area (Å²) in [6, 6.07) is 12.1. The lowest BCUT2D eigenvalue weighted by Crippen LogP contribution is -2.08. The minimum absolute atomic E-state index is 0.254. The summed E-state index contributed by atoms with van der Waals surface area (Å²) in [6.07, 6.45) is 10.5. The Labute approximate surface area is 139 Å². The smallest absolute Gasteiger partial charge is 0.197 e. The Morgan fingerprint density at radius 1 is 1.09 bits per heavy atom. The number of ketones is 1. The van der Waals surface area contributed by atoms with E-state index in [1.54, 1.807) is 55.0 Å². The van der Waals surface area contributed by atoms with E-state index in [9.17, 15) is 4.79 Å². The van der Waals surface area contributed by atoms with E-state index in [-0.39, 0.29) is 5.78 Å². The van der Waals surface area contributed by atoms with Gasteiger partial charge in [-0.05, 0) is 30.3 Å². The van der Waals surface area contributed by atoms with Gasteiger partial charge in [0.1, 0.15) is 0 Å². The summed E-state index contributed by atoms with van der Waals surface area (Å²) < 4.78 is 0. The quantitative estimate of drug-likeness (QED) is 0.541. The summed E-state index contributed by atoms with van der Waals surface area (Å²) in [5.41, 5.74) is 2.45. The first-order valence-corrected chi connectivity index (χ1v) is 7.25. The normalized spacial score (nSPS) is 10.1. The van der Waals surface area contributed by atoms with E-state index in [2.05, 4.69) is 15.9 Å². The molecule has 1 aromatic carbocycles. The Balaban J connectivity index is 2.25. The lowest BCUT2D eigenvalue weighted by atomic mass is 9.95. The standard InChI is InChI=1S/C19H11ClN2O/c1-2-13-9-11-22-18(14-6-5-10-21-12-14)17(13)19(23)15-7-3-4-8-16(15)20/h1,3-12H. The largest absolute Gasteiger partial charge is 0.288 e. The number of terminal acetylenes is 1. The van der Waals surface area contributed by atoms with Crippen LogP contribution in [0.15, 0.2) is 61.1 Å². The van der Waals surface area contributed by atoms with Crippen molar-refractivity contribution in [1.82, 2.24) is 9.97 Å². The van der Waals surface area contributed by atoms with Crippen molar-refractivity contribution in [2.45, 2.75) is 0 Å². The maximum atomic E-state index is 13.0. The predicted molar refractivity (Wildman–Crippen MR) is 90.3 cm³/mol. The molecule has 0 aliphatic carbocycles. The Kier molecular flexibility index (Phi) is 4.18. The van der Waals surface area contributed by atoms with E-state index in [1.165, 1.54) is 0 Å². The molecule has 0 atom stereocenters. The summed E-state index contributed by atoms with van der Waals surface area (Å²) in [5, 5.41) is 0.376. The fourth-order valence-electron chi connectivity index (χ4n) is 2.31. The zero-order chi connectivity index (χ0) is 16.2. The molecule has 0 aliphatic rings. The number of rotatable bonds is 3. The highest BCUT2D eigenvalue weighted by Crippen LogP contribution is 2.28. The number of hydrogen-bond donors (Lipinski definition) is 0. The van der Waals surface area contributed by atoms with Crippen molar-refractivity contribution in [1.29, 1.82) is 0 Å². The predicted octanol–water partition coefficient (Wildman–Crippen LogP) is 4.01. The van der Waals surface area contributed by atoms with Crippen LogP contribution in [0.25, 0.3) is 11.3 Å². The third-order valence-corrected chi connectivity index (χ3v) is 3.72. The van der Waals surface area contributed by atoms with Crippen LogP contribution in [0.4, 0.5) is 0 Å². The average molecular weight is 319 g/mol. The molecule has 0 radical (unpaired) electrons. The molecule has 3 aromatic rings. The van der Waals surface area contributed by atoms with Gasteiger partial charge in [-0.2, -0.15) is 0 Å². The van der Waals surface area contributed by atoms with Crippen LogP contribution < -0.4 is 0 Å². The molecule has 0 fully saturated rings. The molecule has 0 unspecified atom stereocenters. The molecule has 0 saturated carbocycles. The van der Waals surface area contributed by atoms with Crippen LogP contribution >= 0.6 is 11.6 Å². The molecule has 0 N–H and O–H groups in total. The fourth-order valence-corrected chi connectivity index (χ4v) is 2.54. The molecule has 4 heteroatoms. The van der Waals surface area contributed by atoms with Crippen LogP contribution in [-0.4, -0.2) is 15.8 Å². The van der Waals surface area contributed by atoms with Crippen LogP contribution in [0.3, 0.4) is 0 Å². The molecule has 23 heavy (non-hydrogen) atoms. The maximum absolute atomic E-state index is 13.0. The Morgan fingerprint density at radius 3 is 2.61 bits per heavy atom. The van der Waals surface area contributed by atoms with Crippen molar-refractivity contribution in [3.8, 4) is 23.6 Å². The first kappa shape index (κ1) is 15.0. The fraction of sp³-hybridized carbons (Fsp3) is 0. The minimum atomic E-state index is -0.254. The highest BCUT2D eigenvalue weighted by atomic mass is 35.5. The van der Waals surface area contributed by atoms with E-state index in [0.717, 1.165) is 5.56 Å². The van der Waals surface area contributed by atoms with Gasteiger partial charge < -0.3 is 0 Å². The van der Waals surface area contributed by atoms with Crippen molar-refractivity contribution in [2.24, 2.45) is 0 Å². The maximum Gasteiger partial charge on any atom is 0.197 e. The number of benzene rings is 1. The zero-order valence-electron chi connectivity index (χ0n) is 12.0. The van der Waals surface area contributed by atoms with Gasteiger partial charge in [0.05, 0.1) is 16.3 Å². The van der Waals surface area contributed by atoms with Crippen LogP contribution in [-0.2, 0) is 0 Å². The van der Waals surface area contributed by atoms with Gasteiger partial charge in [0.15, 0.2) is 5.78 Å². The summed E-state index contributed by atoms with van der Waals surface area (Å²) in [5.74, 6) is 2.30. The van der Waals surface area contributed by atoms with Crippen molar-refractivity contribution >= 4 is 17.4 Å². The minimum Gasteiger partial charge on any atom is -0.288 e. The van der Waals surface area contributed by atoms with E-state index >= 15 is 0 Å². The second-order valence-corrected chi connectivity index (χ2v) is 5.18. The molecular formula is C19H11ClN2O.